The Labute approximate surface area is 408 Å². The number of aliphatic hydroxyl groups is 5. The zero-order valence-corrected chi connectivity index (χ0v) is 43.3. The van der Waals surface area contributed by atoms with Gasteiger partial charge in [-0.2, -0.15) is 8.78 Å². The van der Waals surface area contributed by atoms with Crippen molar-refractivity contribution in [3.05, 3.63) is 24.3 Å². The molecule has 2 saturated heterocycles. The number of ether oxygens (including phenoxy) is 7. The number of alkyl halides is 2. The van der Waals surface area contributed by atoms with Crippen LogP contribution >= 0.6 is 12.2 Å². The molecule has 0 radical (unpaired) electrons. The molecular weight excluding hydrogens is 911 g/mol. The van der Waals surface area contributed by atoms with Crippen LogP contribution in [-0.2, 0) is 33.2 Å². The lowest BCUT2D eigenvalue weighted by atomic mass is 9.77. The molecule has 394 valence electrons. The number of benzene rings is 1. The topological polar surface area (TPSA) is 213 Å². The minimum absolute atomic E-state index is 0.0125. The Kier molecular flexibility index (Phi) is 24.1. The van der Waals surface area contributed by atoms with Crippen LogP contribution in [-0.4, -0.2) is 185 Å². The Morgan fingerprint density at radius 3 is 2.29 bits per heavy atom. The molecule has 0 aromatic heterocycles. The summed E-state index contributed by atoms with van der Waals surface area (Å²) in [5, 5.41) is 65.7. The minimum Gasteiger partial charge on any atom is -0.459 e. The van der Waals surface area contributed by atoms with E-state index in [4.69, 9.17) is 40.6 Å². The van der Waals surface area contributed by atoms with Crippen molar-refractivity contribution in [1.29, 1.82) is 0 Å². The first-order chi connectivity index (χ1) is 31.7. The summed E-state index contributed by atoms with van der Waals surface area (Å²) in [4.78, 5) is 18.4. The highest BCUT2D eigenvalue weighted by Gasteiger charge is 2.51. The van der Waals surface area contributed by atoms with Gasteiger partial charge in [0.2, 0.25) is 0 Å². The van der Waals surface area contributed by atoms with Crippen LogP contribution < -0.4 is 15.4 Å². The first kappa shape index (κ1) is 59.9. The number of hydrogen-bond acceptors (Lipinski definition) is 16. The number of halogens is 2. The van der Waals surface area contributed by atoms with Crippen LogP contribution in [0.4, 0.5) is 14.5 Å². The molecule has 7 N–H and O–H groups in total. The van der Waals surface area contributed by atoms with Gasteiger partial charge in [0.15, 0.2) is 17.7 Å². The van der Waals surface area contributed by atoms with E-state index in [1.807, 2.05) is 37.7 Å². The number of hydrogen-bond donors (Lipinski definition) is 7. The summed E-state index contributed by atoms with van der Waals surface area (Å²) in [7, 11) is 5.26. The molecular formula is C48H84F2N4O13S. The second kappa shape index (κ2) is 27.4. The molecule has 0 unspecified atom stereocenters. The fourth-order valence-electron chi connectivity index (χ4n) is 9.42. The van der Waals surface area contributed by atoms with Crippen LogP contribution in [0.3, 0.4) is 0 Å². The molecule has 1 aromatic rings. The molecule has 17 atom stereocenters. The Morgan fingerprint density at radius 2 is 1.72 bits per heavy atom. The van der Waals surface area contributed by atoms with E-state index in [0.29, 0.717) is 43.3 Å². The van der Waals surface area contributed by atoms with Gasteiger partial charge >= 0.3 is 12.6 Å². The number of carbonyl (C=O) groups is 1. The third kappa shape index (κ3) is 17.4. The predicted molar refractivity (Wildman–Crippen MR) is 257 cm³/mol. The van der Waals surface area contributed by atoms with Crippen molar-refractivity contribution in [3.8, 4) is 5.75 Å². The third-order valence-electron chi connectivity index (χ3n) is 13.4. The highest BCUT2D eigenvalue weighted by molar-refractivity contribution is 7.80. The quantitative estimate of drug-likeness (QED) is 0.0440. The van der Waals surface area contributed by atoms with Crippen molar-refractivity contribution in [1.82, 2.24) is 15.1 Å². The Hall–Kier alpha value is -2.44. The molecule has 3 rings (SSSR count). The van der Waals surface area contributed by atoms with Gasteiger partial charge in [0.25, 0.3) is 0 Å². The fourth-order valence-corrected chi connectivity index (χ4v) is 9.64. The monoisotopic (exact) mass is 995 g/mol. The summed E-state index contributed by atoms with van der Waals surface area (Å²) in [6.45, 7) is 15.6. The summed E-state index contributed by atoms with van der Waals surface area (Å²) in [5.41, 5.74) is -3.05. The van der Waals surface area contributed by atoms with E-state index in [1.54, 1.807) is 60.6 Å². The number of thiocarbonyl (C=S) groups is 1. The Bertz CT molecular complexity index is 1650. The van der Waals surface area contributed by atoms with Gasteiger partial charge in [-0.3, -0.25) is 9.69 Å². The number of likely N-dealkylation sites (N-methyl/N-ethyl adjacent to an activating group) is 1. The van der Waals surface area contributed by atoms with Gasteiger partial charge < -0.3 is 74.2 Å². The molecule has 0 spiro atoms. The molecule has 2 heterocycles. The lowest BCUT2D eigenvalue weighted by Gasteiger charge is -2.47. The number of cyclic esters (lactones) is 1. The molecule has 20 heteroatoms. The number of rotatable bonds is 19. The van der Waals surface area contributed by atoms with Crippen LogP contribution in [0.2, 0.25) is 0 Å². The first-order valence-electron chi connectivity index (χ1n) is 24.0. The number of esters is 1. The molecule has 68 heavy (non-hydrogen) atoms. The van der Waals surface area contributed by atoms with Crippen molar-refractivity contribution < 1.29 is 72.3 Å². The van der Waals surface area contributed by atoms with Gasteiger partial charge in [0, 0.05) is 56.9 Å². The average Bonchev–Trinajstić information content (AvgIpc) is 3.25. The molecule has 17 nitrogen and oxygen atoms in total. The molecule has 0 amide bonds. The standard InChI is InChI=1S/C48H84F2N4O13S/c1-14-37-48(10,60)41(57)31(6)54(22-15-21-51-46(68)52-34-16-18-35(19-17-34)64-45(49)50)26-27(2)25-47(9,59)42(67-44-39(56)36(53(11)12)24-28(3)62-44)29(4)40(30(5)43(58)65-37)66-38(20-23-61-13)63-33(8)32(7)55/h16-19,27-33,36-42,44-45,55-57,59-60H,14-15,20-26H2,1-13H3,(H2,51,52,68)/t27-,28-,29+,30-,31-,32-,33+,36+,37-,38+,39-,40+,41-,42-,44+,47-,48-/m1/s1. The highest BCUT2D eigenvalue weighted by atomic mass is 32.1. The largest absolute Gasteiger partial charge is 0.459 e. The van der Waals surface area contributed by atoms with E-state index in [0.717, 1.165) is 0 Å². The number of aliphatic hydroxyl groups excluding tert-OH is 3. The van der Waals surface area contributed by atoms with Crippen molar-refractivity contribution >= 4 is 29.0 Å². The Morgan fingerprint density at radius 1 is 1.07 bits per heavy atom. The Balaban J connectivity index is 2.06. The maximum atomic E-state index is 14.5. The van der Waals surface area contributed by atoms with E-state index in [1.165, 1.54) is 26.2 Å². The van der Waals surface area contributed by atoms with Crippen LogP contribution in [0.15, 0.2) is 24.3 Å². The summed E-state index contributed by atoms with van der Waals surface area (Å²) < 4.78 is 67.2. The molecule has 2 fully saturated rings. The van der Waals surface area contributed by atoms with Gasteiger partial charge in [-0.15, -0.1) is 0 Å². The van der Waals surface area contributed by atoms with E-state index in [2.05, 4.69) is 15.4 Å². The second-order valence-corrected chi connectivity index (χ2v) is 20.1. The number of carbonyl (C=O) groups excluding carboxylic acids is 1. The van der Waals surface area contributed by atoms with Crippen molar-refractivity contribution in [3.63, 3.8) is 0 Å². The van der Waals surface area contributed by atoms with E-state index < -0.39 is 97.0 Å². The van der Waals surface area contributed by atoms with Crippen molar-refractivity contribution in [2.75, 3.05) is 52.8 Å². The van der Waals surface area contributed by atoms with E-state index in [9.17, 15) is 39.1 Å². The fraction of sp³-hybridized carbons (Fsp3) is 0.833. The van der Waals surface area contributed by atoms with Crippen LogP contribution in [0.5, 0.6) is 5.75 Å². The number of methoxy groups -OCH3 is 1. The van der Waals surface area contributed by atoms with Gasteiger partial charge in [-0.25, -0.2) is 0 Å². The normalized spacial score (nSPS) is 35.2. The number of nitrogens with one attached hydrogen (secondary N) is 2. The minimum atomic E-state index is -2.94. The maximum absolute atomic E-state index is 14.5. The third-order valence-corrected chi connectivity index (χ3v) is 13.7. The van der Waals surface area contributed by atoms with Crippen molar-refractivity contribution in [2.24, 2.45) is 17.8 Å². The van der Waals surface area contributed by atoms with Crippen molar-refractivity contribution in [2.45, 2.75) is 193 Å². The number of anilines is 1. The summed E-state index contributed by atoms with van der Waals surface area (Å²) >= 11 is 5.49. The molecule has 0 bridgehead atoms. The van der Waals surface area contributed by atoms with Gasteiger partial charge in [-0.1, -0.05) is 20.8 Å². The highest BCUT2D eigenvalue weighted by Crippen LogP contribution is 2.38. The van der Waals surface area contributed by atoms with Crippen LogP contribution in [0, 0.1) is 17.8 Å². The predicted octanol–water partition coefficient (Wildman–Crippen LogP) is 4.50. The summed E-state index contributed by atoms with van der Waals surface area (Å²) in [5.74, 6) is -2.94. The smallest absolute Gasteiger partial charge is 0.387 e. The van der Waals surface area contributed by atoms with Crippen LogP contribution in [0.1, 0.15) is 101 Å². The van der Waals surface area contributed by atoms with Crippen LogP contribution in [0.25, 0.3) is 0 Å². The lowest BCUT2D eigenvalue weighted by Crippen LogP contribution is -2.59. The summed E-state index contributed by atoms with van der Waals surface area (Å²) in [6, 6.07) is 4.89. The zero-order valence-electron chi connectivity index (χ0n) is 42.5. The van der Waals surface area contributed by atoms with Gasteiger partial charge in [0.05, 0.1) is 48.6 Å². The first-order valence-corrected chi connectivity index (χ1v) is 24.4. The second-order valence-electron chi connectivity index (χ2n) is 19.7. The maximum Gasteiger partial charge on any atom is 0.387 e. The SMILES string of the molecule is CC[C@H]1OC(=O)[C@H](C)[C@@H](O[C@@H](CCOC)O[C@@H](C)[C@@H](C)O)[C@H](C)[C@@H](O[C@@H]2O[C@H](C)C[C@H](N(C)C)[C@H]2O)[C@](C)(O)C[C@@H](C)CN(CCCNC(=S)Nc2ccc(OC(F)F)cc2)[C@H](C)[C@@H](O)[C@]1(C)O. The number of nitrogens with zero attached hydrogens (tertiary/aromatic N) is 2. The van der Waals surface area contributed by atoms with E-state index in [-0.39, 0.29) is 49.7 Å². The molecule has 2 aliphatic heterocycles. The molecule has 2 aliphatic rings. The molecule has 1 aromatic carbocycles. The zero-order chi connectivity index (χ0) is 51.3. The molecule has 0 saturated carbocycles. The average molecular weight is 995 g/mol. The van der Waals surface area contributed by atoms with Gasteiger partial charge in [-0.05, 0) is 131 Å². The van der Waals surface area contributed by atoms with Gasteiger partial charge in [0.1, 0.15) is 29.7 Å². The molecule has 0 aliphatic carbocycles. The van der Waals surface area contributed by atoms with E-state index >= 15 is 0 Å². The lowest BCUT2D eigenvalue weighted by molar-refractivity contribution is -0.306. The summed E-state index contributed by atoms with van der Waals surface area (Å²) in [6.07, 6.45) is -8.46.